The van der Waals surface area contributed by atoms with Crippen molar-refractivity contribution >= 4 is 17.0 Å². The highest BCUT2D eigenvalue weighted by Crippen LogP contribution is 2.32. The molecule has 0 saturated carbocycles. The van der Waals surface area contributed by atoms with E-state index in [4.69, 9.17) is 0 Å². The summed E-state index contributed by atoms with van der Waals surface area (Å²) in [6.45, 7) is 3.71. The summed E-state index contributed by atoms with van der Waals surface area (Å²) in [6, 6.07) is 5.19. The second-order valence-electron chi connectivity index (χ2n) is 3.57. The molecule has 0 N–H and O–H groups in total. The van der Waals surface area contributed by atoms with Crippen molar-refractivity contribution in [1.29, 1.82) is 0 Å². The van der Waals surface area contributed by atoms with Crippen LogP contribution in [-0.2, 0) is 0 Å². The van der Waals surface area contributed by atoms with Crippen LogP contribution in [0.1, 0.15) is 11.3 Å². The Morgan fingerprint density at radius 2 is 2.12 bits per heavy atom. The van der Waals surface area contributed by atoms with Gasteiger partial charge < -0.3 is 0 Å². The Hall–Kier alpha value is -1.75. The largest absolute Gasteiger partial charge is 0.279 e. The number of nitrogens with zero attached hydrogens (tertiary/aromatic N) is 2. The minimum absolute atomic E-state index is 0.120. The summed E-state index contributed by atoms with van der Waals surface area (Å²) in [5, 5.41) is 13.5. The summed E-state index contributed by atoms with van der Waals surface area (Å²) in [5.41, 5.74) is 2.47. The van der Waals surface area contributed by atoms with Gasteiger partial charge in [-0.05, 0) is 25.5 Å². The van der Waals surface area contributed by atoms with Gasteiger partial charge in [0.25, 0.3) is 5.69 Å². The van der Waals surface area contributed by atoms with Crippen LogP contribution in [0.25, 0.3) is 10.6 Å². The minimum atomic E-state index is -0.362. The first-order chi connectivity index (χ1) is 7.58. The molecule has 1 aromatic carbocycles. The Labute approximate surface area is 96.7 Å². The van der Waals surface area contributed by atoms with Gasteiger partial charge in [-0.2, -0.15) is 0 Å². The Bertz CT molecular complexity index is 549. The maximum Gasteiger partial charge on any atom is 0.279 e. The van der Waals surface area contributed by atoms with Crippen LogP contribution in [0.15, 0.2) is 23.6 Å². The molecule has 16 heavy (non-hydrogen) atoms. The first-order valence-electron chi connectivity index (χ1n) is 4.75. The predicted octanol–water partition coefficient (Wildman–Crippen LogP) is 3.34. The van der Waals surface area contributed by atoms with Gasteiger partial charge in [-0.15, -0.1) is 11.3 Å². The Kier molecular flexibility index (Phi) is 2.70. The van der Waals surface area contributed by atoms with Crippen molar-refractivity contribution in [3.8, 4) is 10.6 Å². The molecule has 0 radical (unpaired) electrons. The zero-order valence-electron chi connectivity index (χ0n) is 8.93. The molecular formula is C11H10N2O2S. The number of hydrogen-bond acceptors (Lipinski definition) is 4. The molecular weight excluding hydrogens is 224 g/mol. The zero-order chi connectivity index (χ0) is 11.7. The van der Waals surface area contributed by atoms with Crippen LogP contribution in [0.2, 0.25) is 0 Å². The molecule has 0 atom stereocenters. The van der Waals surface area contributed by atoms with Gasteiger partial charge in [0.1, 0.15) is 5.01 Å². The summed E-state index contributed by atoms with van der Waals surface area (Å²) >= 11 is 1.42. The lowest BCUT2D eigenvalue weighted by atomic mass is 10.1. The van der Waals surface area contributed by atoms with Crippen molar-refractivity contribution in [3.63, 3.8) is 0 Å². The Balaban J connectivity index is 2.60. The standard InChI is InChI=1S/C11H10N2O2S/c1-7-3-4-9(10(5-7)13(14)15)11-12-8(2)6-16-11/h3-6H,1-2H3. The van der Waals surface area contributed by atoms with Crippen LogP contribution in [0, 0.1) is 24.0 Å². The number of nitro benzene ring substituents is 1. The summed E-state index contributed by atoms with van der Waals surface area (Å²) in [7, 11) is 0. The fraction of sp³-hybridized carbons (Fsp3) is 0.182. The van der Waals surface area contributed by atoms with Gasteiger partial charge in [-0.1, -0.05) is 6.07 Å². The van der Waals surface area contributed by atoms with Crippen LogP contribution < -0.4 is 0 Å². The van der Waals surface area contributed by atoms with Gasteiger partial charge >= 0.3 is 0 Å². The van der Waals surface area contributed by atoms with E-state index in [1.54, 1.807) is 12.1 Å². The van der Waals surface area contributed by atoms with Crippen LogP contribution >= 0.6 is 11.3 Å². The van der Waals surface area contributed by atoms with Crippen molar-refractivity contribution < 1.29 is 4.92 Å². The van der Waals surface area contributed by atoms with E-state index in [0.717, 1.165) is 11.3 Å². The molecule has 0 bridgehead atoms. The molecule has 1 heterocycles. The fourth-order valence-electron chi connectivity index (χ4n) is 1.45. The maximum absolute atomic E-state index is 10.9. The molecule has 0 spiro atoms. The normalized spacial score (nSPS) is 10.4. The highest BCUT2D eigenvalue weighted by Gasteiger charge is 2.17. The van der Waals surface area contributed by atoms with E-state index < -0.39 is 0 Å². The summed E-state index contributed by atoms with van der Waals surface area (Å²) < 4.78 is 0. The SMILES string of the molecule is Cc1ccc(-c2nc(C)cs2)c([N+](=O)[O-])c1. The second kappa shape index (κ2) is 4.02. The van der Waals surface area contributed by atoms with E-state index >= 15 is 0 Å². The van der Waals surface area contributed by atoms with Gasteiger partial charge in [0.2, 0.25) is 0 Å². The number of benzene rings is 1. The lowest BCUT2D eigenvalue weighted by Gasteiger charge is -2.00. The number of aryl methyl sites for hydroxylation is 2. The third kappa shape index (κ3) is 1.94. The Morgan fingerprint density at radius 1 is 1.38 bits per heavy atom. The lowest BCUT2D eigenvalue weighted by Crippen LogP contribution is -1.92. The van der Waals surface area contributed by atoms with Crippen LogP contribution in [-0.4, -0.2) is 9.91 Å². The molecule has 2 aromatic rings. The van der Waals surface area contributed by atoms with Crippen molar-refractivity contribution in [2.45, 2.75) is 13.8 Å². The number of rotatable bonds is 2. The minimum Gasteiger partial charge on any atom is -0.258 e. The van der Waals surface area contributed by atoms with Crippen LogP contribution in [0.4, 0.5) is 5.69 Å². The van der Waals surface area contributed by atoms with Crippen molar-refractivity contribution in [2.24, 2.45) is 0 Å². The van der Waals surface area contributed by atoms with E-state index in [1.165, 1.54) is 11.3 Å². The fourth-order valence-corrected chi connectivity index (χ4v) is 2.28. The summed E-state index contributed by atoms with van der Waals surface area (Å²) in [6.07, 6.45) is 0. The van der Waals surface area contributed by atoms with Gasteiger partial charge in [-0.25, -0.2) is 4.98 Å². The van der Waals surface area contributed by atoms with Gasteiger partial charge in [-0.3, -0.25) is 10.1 Å². The molecule has 0 aliphatic rings. The first kappa shape index (κ1) is 10.8. The molecule has 0 saturated heterocycles. The van der Waals surface area contributed by atoms with E-state index in [2.05, 4.69) is 4.98 Å². The first-order valence-corrected chi connectivity index (χ1v) is 5.63. The Morgan fingerprint density at radius 3 is 2.69 bits per heavy atom. The monoisotopic (exact) mass is 234 g/mol. The molecule has 1 aromatic heterocycles. The zero-order valence-corrected chi connectivity index (χ0v) is 9.75. The second-order valence-corrected chi connectivity index (χ2v) is 4.43. The van der Waals surface area contributed by atoms with Gasteiger partial charge in [0, 0.05) is 17.1 Å². The molecule has 0 amide bonds. The van der Waals surface area contributed by atoms with Crippen LogP contribution in [0.3, 0.4) is 0 Å². The van der Waals surface area contributed by atoms with E-state index in [1.807, 2.05) is 25.3 Å². The molecule has 0 unspecified atom stereocenters. The molecule has 5 heteroatoms. The highest BCUT2D eigenvalue weighted by molar-refractivity contribution is 7.13. The number of nitro groups is 1. The third-order valence-corrected chi connectivity index (χ3v) is 3.19. The molecule has 0 aliphatic heterocycles. The van der Waals surface area contributed by atoms with Crippen molar-refractivity contribution in [3.05, 3.63) is 45.0 Å². The molecule has 0 aliphatic carbocycles. The topological polar surface area (TPSA) is 56.0 Å². The highest BCUT2D eigenvalue weighted by atomic mass is 32.1. The lowest BCUT2D eigenvalue weighted by molar-refractivity contribution is -0.384. The smallest absolute Gasteiger partial charge is 0.258 e. The van der Waals surface area contributed by atoms with Crippen molar-refractivity contribution in [1.82, 2.24) is 4.98 Å². The number of aromatic nitrogens is 1. The third-order valence-electron chi connectivity index (χ3n) is 2.20. The van der Waals surface area contributed by atoms with Gasteiger partial charge in [0.05, 0.1) is 10.5 Å². The van der Waals surface area contributed by atoms with E-state index in [0.29, 0.717) is 10.6 Å². The van der Waals surface area contributed by atoms with Crippen molar-refractivity contribution in [2.75, 3.05) is 0 Å². The average Bonchev–Trinajstić information content (AvgIpc) is 2.64. The molecule has 0 fully saturated rings. The predicted molar refractivity (Wildman–Crippen MR) is 63.7 cm³/mol. The molecule has 2 rings (SSSR count). The number of thiazole rings is 1. The molecule has 4 nitrogen and oxygen atoms in total. The number of hydrogen-bond donors (Lipinski definition) is 0. The van der Waals surface area contributed by atoms with E-state index in [9.17, 15) is 10.1 Å². The summed E-state index contributed by atoms with van der Waals surface area (Å²) in [5.74, 6) is 0. The maximum atomic E-state index is 10.9. The quantitative estimate of drug-likeness (QED) is 0.591. The average molecular weight is 234 g/mol. The van der Waals surface area contributed by atoms with E-state index in [-0.39, 0.29) is 10.6 Å². The molecule has 82 valence electrons. The van der Waals surface area contributed by atoms with Gasteiger partial charge in [0.15, 0.2) is 0 Å². The van der Waals surface area contributed by atoms with Crippen LogP contribution in [0.5, 0.6) is 0 Å². The summed E-state index contributed by atoms with van der Waals surface area (Å²) in [4.78, 5) is 14.8.